The predicted molar refractivity (Wildman–Crippen MR) is 92.0 cm³/mol. The Morgan fingerprint density at radius 3 is 2.12 bits per heavy atom. The average molecular weight is 362 g/mol. The molecule has 2 aromatic rings. The Kier molecular flexibility index (Phi) is 5.33. The highest BCUT2D eigenvalue weighted by atomic mass is 16.5. The molecule has 2 aromatic carbocycles. The van der Waals surface area contributed by atoms with Crippen molar-refractivity contribution in [2.45, 2.75) is 37.3 Å². The lowest BCUT2D eigenvalue weighted by Gasteiger charge is -2.36. The highest BCUT2D eigenvalue weighted by molar-refractivity contribution is 5.41. The molecule has 0 bridgehead atoms. The number of hydrogen-bond donors (Lipinski definition) is 6. The van der Waals surface area contributed by atoms with Crippen LogP contribution < -0.4 is 0 Å². The number of aliphatic hydroxyl groups excluding tert-OH is 3. The Hall–Kier alpha value is -2.32. The molecule has 6 N–H and O–H groups in total. The smallest absolute Gasteiger partial charge is 0.122 e. The van der Waals surface area contributed by atoms with Crippen LogP contribution in [0.2, 0.25) is 0 Å². The SMILES string of the molecule is Oc1ccc(CCc2ccc(O)cc2[C@@H]2OC[C@@H](O)[C@H](O)[C@H]2O)c(O)c1. The molecule has 1 saturated heterocycles. The van der Waals surface area contributed by atoms with Crippen LogP contribution >= 0.6 is 0 Å². The third-order valence-electron chi connectivity index (χ3n) is 4.67. The van der Waals surface area contributed by atoms with Gasteiger partial charge in [0.2, 0.25) is 0 Å². The third-order valence-corrected chi connectivity index (χ3v) is 4.67. The average Bonchev–Trinajstić information content (AvgIpc) is 2.60. The van der Waals surface area contributed by atoms with Crippen molar-refractivity contribution in [2.75, 3.05) is 6.61 Å². The van der Waals surface area contributed by atoms with E-state index < -0.39 is 24.4 Å². The van der Waals surface area contributed by atoms with Crippen molar-refractivity contribution >= 4 is 0 Å². The van der Waals surface area contributed by atoms with E-state index in [1.54, 1.807) is 12.1 Å². The van der Waals surface area contributed by atoms with Gasteiger partial charge in [0, 0.05) is 6.07 Å². The molecular formula is C19H22O7. The molecule has 1 aliphatic rings. The molecule has 0 aliphatic carbocycles. The van der Waals surface area contributed by atoms with Crippen molar-refractivity contribution in [3.05, 3.63) is 53.1 Å². The summed E-state index contributed by atoms with van der Waals surface area (Å²) in [5.41, 5.74) is 1.92. The Balaban J connectivity index is 1.84. The first-order chi connectivity index (χ1) is 12.4. The molecule has 0 saturated carbocycles. The number of hydrogen-bond acceptors (Lipinski definition) is 7. The first-order valence-corrected chi connectivity index (χ1v) is 8.35. The molecule has 1 heterocycles. The number of rotatable bonds is 4. The summed E-state index contributed by atoms with van der Waals surface area (Å²) < 4.78 is 5.49. The molecule has 7 nitrogen and oxygen atoms in total. The van der Waals surface area contributed by atoms with Crippen molar-refractivity contribution in [1.82, 2.24) is 0 Å². The van der Waals surface area contributed by atoms with Gasteiger partial charge >= 0.3 is 0 Å². The Morgan fingerprint density at radius 2 is 1.42 bits per heavy atom. The summed E-state index contributed by atoms with van der Waals surface area (Å²) in [6.45, 7) is -0.128. The maximum Gasteiger partial charge on any atom is 0.122 e. The molecule has 140 valence electrons. The van der Waals surface area contributed by atoms with Gasteiger partial charge in [0.1, 0.15) is 41.7 Å². The standard InChI is InChI=1S/C19H22O7/c20-12-5-3-10(1-2-11-4-6-13(21)8-15(11)22)14(7-12)19-18(25)17(24)16(23)9-26-19/h3-8,16-25H,1-2,9H2/t16-,17+,18-,19+/m1/s1. The summed E-state index contributed by atoms with van der Waals surface area (Å²) in [5, 5.41) is 58.9. The summed E-state index contributed by atoms with van der Waals surface area (Å²) in [6.07, 6.45) is -3.80. The molecule has 0 unspecified atom stereocenters. The molecule has 1 aliphatic heterocycles. The summed E-state index contributed by atoms with van der Waals surface area (Å²) in [7, 11) is 0. The van der Waals surface area contributed by atoms with Gasteiger partial charge in [-0.1, -0.05) is 12.1 Å². The molecule has 1 fully saturated rings. The number of aryl methyl sites for hydroxylation is 2. The van der Waals surface area contributed by atoms with Gasteiger partial charge in [-0.3, -0.25) is 0 Å². The van der Waals surface area contributed by atoms with E-state index >= 15 is 0 Å². The molecular weight excluding hydrogens is 340 g/mol. The largest absolute Gasteiger partial charge is 0.508 e. The minimum Gasteiger partial charge on any atom is -0.508 e. The van der Waals surface area contributed by atoms with E-state index in [1.807, 2.05) is 0 Å². The molecule has 4 atom stereocenters. The topological polar surface area (TPSA) is 131 Å². The van der Waals surface area contributed by atoms with Gasteiger partial charge in [-0.05, 0) is 47.7 Å². The van der Waals surface area contributed by atoms with Gasteiger partial charge in [-0.2, -0.15) is 0 Å². The lowest BCUT2D eigenvalue weighted by Crippen LogP contribution is -2.49. The zero-order chi connectivity index (χ0) is 18.8. The Bertz CT molecular complexity index is 776. The van der Waals surface area contributed by atoms with Crippen molar-refractivity contribution in [3.8, 4) is 17.2 Å². The van der Waals surface area contributed by atoms with Crippen LogP contribution in [-0.2, 0) is 17.6 Å². The zero-order valence-corrected chi connectivity index (χ0v) is 14.0. The Labute approximate surface area is 150 Å². The molecule has 0 spiro atoms. The summed E-state index contributed by atoms with van der Waals surface area (Å²) in [6, 6.07) is 9.03. The van der Waals surface area contributed by atoms with E-state index in [0.29, 0.717) is 24.0 Å². The van der Waals surface area contributed by atoms with E-state index in [-0.39, 0.29) is 23.9 Å². The Morgan fingerprint density at radius 1 is 0.808 bits per heavy atom. The molecule has 3 rings (SSSR count). The molecule has 0 aromatic heterocycles. The van der Waals surface area contributed by atoms with Gasteiger partial charge in [0.05, 0.1) is 6.61 Å². The predicted octanol–water partition coefficient (Wildman–Crippen LogP) is 0.743. The highest BCUT2D eigenvalue weighted by Gasteiger charge is 2.39. The van der Waals surface area contributed by atoms with E-state index in [9.17, 15) is 30.6 Å². The first kappa shape index (κ1) is 18.5. The zero-order valence-electron chi connectivity index (χ0n) is 14.0. The summed E-state index contributed by atoms with van der Waals surface area (Å²) in [5.74, 6) is -0.0479. The lowest BCUT2D eigenvalue weighted by molar-refractivity contribution is -0.189. The van der Waals surface area contributed by atoms with Crippen LogP contribution in [0.4, 0.5) is 0 Å². The van der Waals surface area contributed by atoms with Crippen LogP contribution in [-0.4, -0.2) is 55.6 Å². The number of phenolic OH excluding ortho intramolecular Hbond substituents is 3. The maximum absolute atomic E-state index is 10.3. The van der Waals surface area contributed by atoms with Crippen molar-refractivity contribution < 1.29 is 35.4 Å². The highest BCUT2D eigenvalue weighted by Crippen LogP contribution is 2.34. The number of phenols is 3. The van der Waals surface area contributed by atoms with Crippen molar-refractivity contribution in [3.63, 3.8) is 0 Å². The number of aliphatic hydroxyl groups is 3. The van der Waals surface area contributed by atoms with Crippen LogP contribution in [0.3, 0.4) is 0 Å². The first-order valence-electron chi connectivity index (χ1n) is 8.35. The molecule has 0 amide bonds. The minimum absolute atomic E-state index is 0.00681. The van der Waals surface area contributed by atoms with Gasteiger partial charge in [-0.15, -0.1) is 0 Å². The fourth-order valence-corrected chi connectivity index (χ4v) is 3.19. The second-order valence-corrected chi connectivity index (χ2v) is 6.50. The molecule has 0 radical (unpaired) electrons. The maximum atomic E-state index is 10.3. The monoisotopic (exact) mass is 362 g/mol. The second kappa shape index (κ2) is 7.51. The lowest BCUT2D eigenvalue weighted by atomic mass is 9.89. The van der Waals surface area contributed by atoms with Gasteiger partial charge in [0.15, 0.2) is 0 Å². The van der Waals surface area contributed by atoms with E-state index in [4.69, 9.17) is 4.74 Å². The van der Waals surface area contributed by atoms with Crippen LogP contribution in [0.5, 0.6) is 17.2 Å². The van der Waals surface area contributed by atoms with Crippen LogP contribution in [0.1, 0.15) is 22.8 Å². The van der Waals surface area contributed by atoms with Gasteiger partial charge in [0.25, 0.3) is 0 Å². The number of benzene rings is 2. The van der Waals surface area contributed by atoms with E-state index in [0.717, 1.165) is 5.56 Å². The fourth-order valence-electron chi connectivity index (χ4n) is 3.19. The second-order valence-electron chi connectivity index (χ2n) is 6.50. The number of aromatic hydroxyl groups is 3. The van der Waals surface area contributed by atoms with Gasteiger partial charge < -0.3 is 35.4 Å². The normalized spacial score (nSPS) is 26.0. The molecule has 7 heteroatoms. The minimum atomic E-state index is -1.34. The van der Waals surface area contributed by atoms with Crippen LogP contribution in [0.25, 0.3) is 0 Å². The van der Waals surface area contributed by atoms with Crippen molar-refractivity contribution in [1.29, 1.82) is 0 Å². The summed E-state index contributed by atoms with van der Waals surface area (Å²) in [4.78, 5) is 0. The van der Waals surface area contributed by atoms with Gasteiger partial charge in [-0.25, -0.2) is 0 Å². The van der Waals surface area contributed by atoms with Crippen LogP contribution in [0, 0.1) is 0 Å². The third kappa shape index (κ3) is 3.76. The van der Waals surface area contributed by atoms with E-state index in [1.165, 1.54) is 24.3 Å². The number of ether oxygens (including phenoxy) is 1. The van der Waals surface area contributed by atoms with E-state index in [2.05, 4.69) is 0 Å². The molecule has 26 heavy (non-hydrogen) atoms. The quantitative estimate of drug-likeness (QED) is 0.473. The summed E-state index contributed by atoms with van der Waals surface area (Å²) >= 11 is 0. The fraction of sp³-hybridized carbons (Fsp3) is 0.368. The van der Waals surface area contributed by atoms with Crippen molar-refractivity contribution in [2.24, 2.45) is 0 Å². The van der Waals surface area contributed by atoms with Crippen LogP contribution in [0.15, 0.2) is 36.4 Å².